The molecule has 3 heteroatoms. The van der Waals surface area contributed by atoms with Crippen LogP contribution in [-0.2, 0) is 0 Å². The van der Waals surface area contributed by atoms with Crippen LogP contribution < -0.4 is 10.5 Å². The highest BCUT2D eigenvalue weighted by Gasteiger charge is 2.10. The highest BCUT2D eigenvalue weighted by Crippen LogP contribution is 2.22. The van der Waals surface area contributed by atoms with Crippen molar-refractivity contribution in [1.82, 2.24) is 4.90 Å². The molecule has 0 radical (unpaired) electrons. The molecule has 0 aromatic heterocycles. The molecule has 1 aliphatic rings. The minimum atomic E-state index is 0.0860. The highest BCUT2D eigenvalue weighted by atomic mass is 16.5. The predicted molar refractivity (Wildman–Crippen MR) is 79.6 cm³/mol. The van der Waals surface area contributed by atoms with Crippen molar-refractivity contribution in [3.63, 3.8) is 0 Å². The van der Waals surface area contributed by atoms with Gasteiger partial charge >= 0.3 is 0 Å². The van der Waals surface area contributed by atoms with Gasteiger partial charge in [-0.05, 0) is 63.4 Å². The third-order valence-corrected chi connectivity index (χ3v) is 3.80. The largest absolute Gasteiger partial charge is 0.493 e. The fraction of sp³-hybridized carbons (Fsp3) is 0.625. The Labute approximate surface area is 116 Å². The molecule has 1 atom stereocenters. The van der Waals surface area contributed by atoms with E-state index in [2.05, 4.69) is 24.0 Å². The van der Waals surface area contributed by atoms with Crippen LogP contribution >= 0.6 is 0 Å². The fourth-order valence-electron chi connectivity index (χ4n) is 2.59. The van der Waals surface area contributed by atoms with Gasteiger partial charge in [0.1, 0.15) is 5.75 Å². The van der Waals surface area contributed by atoms with Crippen LogP contribution in [0.3, 0.4) is 0 Å². The van der Waals surface area contributed by atoms with Crippen molar-refractivity contribution in [2.45, 2.75) is 39.2 Å². The molecule has 1 saturated heterocycles. The van der Waals surface area contributed by atoms with E-state index in [0.29, 0.717) is 0 Å². The van der Waals surface area contributed by atoms with Gasteiger partial charge in [0, 0.05) is 12.6 Å². The minimum absolute atomic E-state index is 0.0860. The monoisotopic (exact) mass is 262 g/mol. The summed E-state index contributed by atoms with van der Waals surface area (Å²) in [4.78, 5) is 2.52. The van der Waals surface area contributed by atoms with E-state index in [9.17, 15) is 0 Å². The Balaban J connectivity index is 1.76. The number of benzene rings is 1. The number of likely N-dealkylation sites (tertiary alicyclic amines) is 1. The second kappa shape index (κ2) is 6.92. The van der Waals surface area contributed by atoms with Crippen molar-refractivity contribution in [2.24, 2.45) is 5.73 Å². The lowest BCUT2D eigenvalue weighted by atomic mass is 10.1. The Morgan fingerprint density at radius 3 is 2.68 bits per heavy atom. The summed E-state index contributed by atoms with van der Waals surface area (Å²) >= 11 is 0. The van der Waals surface area contributed by atoms with Crippen molar-refractivity contribution in [3.8, 4) is 5.75 Å². The van der Waals surface area contributed by atoms with E-state index in [-0.39, 0.29) is 6.04 Å². The van der Waals surface area contributed by atoms with Crippen molar-refractivity contribution in [3.05, 3.63) is 29.3 Å². The predicted octanol–water partition coefficient (Wildman–Crippen LogP) is 2.88. The van der Waals surface area contributed by atoms with Crippen LogP contribution in [0.5, 0.6) is 5.75 Å². The van der Waals surface area contributed by atoms with Gasteiger partial charge < -0.3 is 15.4 Å². The SMILES string of the molecule is Cc1cc(C(C)N)ccc1OCCCN1CCCC1. The molecule has 1 aromatic carbocycles. The third-order valence-electron chi connectivity index (χ3n) is 3.80. The van der Waals surface area contributed by atoms with Gasteiger partial charge in [-0.3, -0.25) is 0 Å². The number of nitrogens with two attached hydrogens (primary N) is 1. The third kappa shape index (κ3) is 4.22. The lowest BCUT2D eigenvalue weighted by Crippen LogP contribution is -2.22. The van der Waals surface area contributed by atoms with E-state index in [1.807, 2.05) is 13.0 Å². The smallest absolute Gasteiger partial charge is 0.122 e. The van der Waals surface area contributed by atoms with Crippen LogP contribution in [0.15, 0.2) is 18.2 Å². The average molecular weight is 262 g/mol. The molecule has 0 amide bonds. The van der Waals surface area contributed by atoms with E-state index in [4.69, 9.17) is 10.5 Å². The molecule has 106 valence electrons. The van der Waals surface area contributed by atoms with Crippen LogP contribution in [0.4, 0.5) is 0 Å². The summed E-state index contributed by atoms with van der Waals surface area (Å²) in [7, 11) is 0. The molecule has 1 aromatic rings. The minimum Gasteiger partial charge on any atom is -0.493 e. The molecule has 0 spiro atoms. The molecule has 2 N–H and O–H groups in total. The molecule has 2 rings (SSSR count). The molecular weight excluding hydrogens is 236 g/mol. The van der Waals surface area contributed by atoms with Gasteiger partial charge in [-0.25, -0.2) is 0 Å². The Kier molecular flexibility index (Phi) is 5.23. The maximum atomic E-state index is 5.88. The standard InChI is InChI=1S/C16H26N2O/c1-13-12-15(14(2)17)6-7-16(13)19-11-5-10-18-8-3-4-9-18/h6-7,12,14H,3-5,8-11,17H2,1-2H3. The van der Waals surface area contributed by atoms with E-state index >= 15 is 0 Å². The number of nitrogens with zero attached hydrogens (tertiary/aromatic N) is 1. The zero-order chi connectivity index (χ0) is 13.7. The first-order valence-corrected chi connectivity index (χ1v) is 7.38. The van der Waals surface area contributed by atoms with E-state index < -0.39 is 0 Å². The zero-order valence-corrected chi connectivity index (χ0v) is 12.2. The van der Waals surface area contributed by atoms with Gasteiger partial charge in [-0.1, -0.05) is 12.1 Å². The number of rotatable bonds is 6. The summed E-state index contributed by atoms with van der Waals surface area (Å²) in [6.07, 6.45) is 3.83. The Hall–Kier alpha value is -1.06. The van der Waals surface area contributed by atoms with Gasteiger partial charge in [0.15, 0.2) is 0 Å². The summed E-state index contributed by atoms with van der Waals surface area (Å²) in [5, 5.41) is 0. The zero-order valence-electron chi connectivity index (χ0n) is 12.2. The summed E-state index contributed by atoms with van der Waals surface area (Å²) < 4.78 is 5.86. The molecule has 0 saturated carbocycles. The number of aryl methyl sites for hydroxylation is 1. The summed E-state index contributed by atoms with van der Waals surface area (Å²) in [5.74, 6) is 0.992. The summed E-state index contributed by atoms with van der Waals surface area (Å²) in [6, 6.07) is 6.32. The normalized spacial score (nSPS) is 17.6. The molecule has 3 nitrogen and oxygen atoms in total. The van der Waals surface area contributed by atoms with Crippen LogP contribution in [-0.4, -0.2) is 31.1 Å². The maximum absolute atomic E-state index is 5.88. The molecule has 1 aliphatic heterocycles. The first-order valence-electron chi connectivity index (χ1n) is 7.38. The van der Waals surface area contributed by atoms with Crippen LogP contribution in [0, 0.1) is 6.92 Å². The number of ether oxygens (including phenoxy) is 1. The fourth-order valence-corrected chi connectivity index (χ4v) is 2.59. The Morgan fingerprint density at radius 1 is 1.32 bits per heavy atom. The topological polar surface area (TPSA) is 38.5 Å². The van der Waals surface area contributed by atoms with Gasteiger partial charge in [-0.15, -0.1) is 0 Å². The van der Waals surface area contributed by atoms with E-state index in [0.717, 1.165) is 25.3 Å². The van der Waals surface area contributed by atoms with Gasteiger partial charge in [0.2, 0.25) is 0 Å². The maximum Gasteiger partial charge on any atom is 0.122 e. The van der Waals surface area contributed by atoms with Crippen molar-refractivity contribution < 1.29 is 4.74 Å². The molecule has 1 heterocycles. The summed E-state index contributed by atoms with van der Waals surface area (Å²) in [6.45, 7) is 8.59. The molecule has 0 aliphatic carbocycles. The van der Waals surface area contributed by atoms with Crippen LogP contribution in [0.25, 0.3) is 0 Å². The van der Waals surface area contributed by atoms with E-state index in [1.165, 1.54) is 37.1 Å². The Morgan fingerprint density at radius 2 is 2.05 bits per heavy atom. The second-order valence-electron chi connectivity index (χ2n) is 5.56. The van der Waals surface area contributed by atoms with Gasteiger partial charge in [0.05, 0.1) is 6.61 Å². The van der Waals surface area contributed by atoms with Crippen molar-refractivity contribution >= 4 is 0 Å². The summed E-state index contributed by atoms with van der Waals surface area (Å²) in [5.41, 5.74) is 8.22. The van der Waals surface area contributed by atoms with Gasteiger partial charge in [-0.2, -0.15) is 0 Å². The van der Waals surface area contributed by atoms with Gasteiger partial charge in [0.25, 0.3) is 0 Å². The highest BCUT2D eigenvalue weighted by molar-refractivity contribution is 5.37. The molecule has 0 bridgehead atoms. The molecule has 1 fully saturated rings. The van der Waals surface area contributed by atoms with Crippen molar-refractivity contribution in [1.29, 1.82) is 0 Å². The Bertz CT molecular complexity index is 398. The first kappa shape index (κ1) is 14.4. The molecule has 19 heavy (non-hydrogen) atoms. The lowest BCUT2D eigenvalue weighted by Gasteiger charge is -2.15. The van der Waals surface area contributed by atoms with Crippen LogP contribution in [0.2, 0.25) is 0 Å². The van der Waals surface area contributed by atoms with Crippen molar-refractivity contribution in [2.75, 3.05) is 26.2 Å². The lowest BCUT2D eigenvalue weighted by molar-refractivity contribution is 0.262. The average Bonchev–Trinajstić information content (AvgIpc) is 2.89. The number of hydrogen-bond donors (Lipinski definition) is 1. The first-order chi connectivity index (χ1) is 9.16. The number of hydrogen-bond acceptors (Lipinski definition) is 3. The second-order valence-corrected chi connectivity index (χ2v) is 5.56. The van der Waals surface area contributed by atoms with Crippen LogP contribution in [0.1, 0.15) is 43.4 Å². The van der Waals surface area contributed by atoms with E-state index in [1.54, 1.807) is 0 Å². The molecular formula is C16H26N2O. The molecule has 1 unspecified atom stereocenters. The quantitative estimate of drug-likeness (QED) is 0.801.